The van der Waals surface area contributed by atoms with Gasteiger partial charge >= 0.3 is 5.97 Å². The number of ether oxygens (including phenoxy) is 3. The van der Waals surface area contributed by atoms with Crippen molar-refractivity contribution in [2.75, 3.05) is 19.8 Å². The van der Waals surface area contributed by atoms with Gasteiger partial charge in [-0.3, -0.25) is 0 Å². The molecule has 0 saturated carbocycles. The van der Waals surface area contributed by atoms with E-state index in [2.05, 4.69) is 6.92 Å². The van der Waals surface area contributed by atoms with Crippen molar-refractivity contribution >= 4 is 5.97 Å². The fraction of sp³-hybridized carbons (Fsp3) is 0.667. The molecule has 2 heterocycles. The lowest BCUT2D eigenvalue weighted by Crippen LogP contribution is -2.25. The molecule has 1 aliphatic rings. The molecule has 5 heteroatoms. The Morgan fingerprint density at radius 1 is 1.40 bits per heavy atom. The molecule has 1 saturated heterocycles. The van der Waals surface area contributed by atoms with Gasteiger partial charge < -0.3 is 18.6 Å². The van der Waals surface area contributed by atoms with E-state index in [4.69, 9.17) is 18.6 Å². The van der Waals surface area contributed by atoms with Crippen molar-refractivity contribution < 1.29 is 23.4 Å². The number of hydrogen-bond donors (Lipinski definition) is 0. The summed E-state index contributed by atoms with van der Waals surface area (Å²) in [6.45, 7) is 4.14. The van der Waals surface area contributed by atoms with E-state index in [1.807, 2.05) is 0 Å². The molecule has 5 nitrogen and oxygen atoms in total. The Hall–Kier alpha value is -1.33. The summed E-state index contributed by atoms with van der Waals surface area (Å²) >= 11 is 0. The van der Waals surface area contributed by atoms with E-state index in [1.165, 1.54) is 6.26 Å². The van der Waals surface area contributed by atoms with Gasteiger partial charge in [-0.25, -0.2) is 4.79 Å². The van der Waals surface area contributed by atoms with Gasteiger partial charge in [0.05, 0.1) is 26.1 Å². The predicted octanol–water partition coefficient (Wildman–Crippen LogP) is 3.01. The standard InChI is InChI=1S/C15H22O5/c1-12(5-6-14-18-9-3-10-19-14)7-11-20-15(16)13-4-2-8-17-13/h2,4,8,12,14H,3,5-7,9-11H2,1H3. The highest BCUT2D eigenvalue weighted by Crippen LogP contribution is 2.17. The van der Waals surface area contributed by atoms with Crippen molar-refractivity contribution in [2.24, 2.45) is 5.92 Å². The van der Waals surface area contributed by atoms with E-state index in [-0.39, 0.29) is 12.1 Å². The van der Waals surface area contributed by atoms with Crippen LogP contribution in [0.15, 0.2) is 22.8 Å². The van der Waals surface area contributed by atoms with Crippen LogP contribution in [0.2, 0.25) is 0 Å². The Morgan fingerprint density at radius 2 is 2.20 bits per heavy atom. The topological polar surface area (TPSA) is 57.9 Å². The molecule has 1 unspecified atom stereocenters. The van der Waals surface area contributed by atoms with Gasteiger partial charge in [0.1, 0.15) is 0 Å². The van der Waals surface area contributed by atoms with E-state index in [1.54, 1.807) is 12.1 Å². The van der Waals surface area contributed by atoms with Crippen molar-refractivity contribution in [1.29, 1.82) is 0 Å². The summed E-state index contributed by atoms with van der Waals surface area (Å²) in [6, 6.07) is 3.27. The number of esters is 1. The Morgan fingerprint density at radius 3 is 2.90 bits per heavy atom. The van der Waals surface area contributed by atoms with Crippen molar-refractivity contribution in [3.63, 3.8) is 0 Å². The molecule has 20 heavy (non-hydrogen) atoms. The Balaban J connectivity index is 1.55. The molecule has 1 aromatic rings. The van der Waals surface area contributed by atoms with Gasteiger partial charge in [-0.1, -0.05) is 6.92 Å². The number of carbonyl (C=O) groups is 1. The highest BCUT2D eigenvalue weighted by Gasteiger charge is 2.16. The largest absolute Gasteiger partial charge is 0.460 e. The molecule has 0 amide bonds. The summed E-state index contributed by atoms with van der Waals surface area (Å²) in [5.41, 5.74) is 0. The highest BCUT2D eigenvalue weighted by atomic mass is 16.7. The maximum absolute atomic E-state index is 11.5. The minimum Gasteiger partial charge on any atom is -0.460 e. The van der Waals surface area contributed by atoms with Crippen LogP contribution in [-0.4, -0.2) is 32.1 Å². The first-order valence-corrected chi connectivity index (χ1v) is 7.19. The van der Waals surface area contributed by atoms with Gasteiger partial charge in [-0.15, -0.1) is 0 Å². The molecule has 1 fully saturated rings. The lowest BCUT2D eigenvalue weighted by atomic mass is 10.0. The quantitative estimate of drug-likeness (QED) is 0.719. The normalized spacial score (nSPS) is 17.9. The Bertz CT molecular complexity index is 381. The van der Waals surface area contributed by atoms with E-state index in [0.29, 0.717) is 12.5 Å². The van der Waals surface area contributed by atoms with Crippen molar-refractivity contribution in [1.82, 2.24) is 0 Å². The molecule has 1 atom stereocenters. The zero-order valence-corrected chi connectivity index (χ0v) is 11.9. The third kappa shape index (κ3) is 4.98. The van der Waals surface area contributed by atoms with Crippen LogP contribution in [0.3, 0.4) is 0 Å². The third-order valence-electron chi connectivity index (χ3n) is 3.36. The van der Waals surface area contributed by atoms with Crippen molar-refractivity contribution in [2.45, 2.75) is 38.9 Å². The summed E-state index contributed by atoms with van der Waals surface area (Å²) in [7, 11) is 0. The third-order valence-corrected chi connectivity index (χ3v) is 3.36. The zero-order valence-electron chi connectivity index (χ0n) is 11.9. The molecule has 2 rings (SSSR count). The fourth-order valence-electron chi connectivity index (χ4n) is 2.09. The Kier molecular flexibility index (Phi) is 6.08. The summed E-state index contributed by atoms with van der Waals surface area (Å²) in [4.78, 5) is 11.5. The smallest absolute Gasteiger partial charge is 0.374 e. The van der Waals surface area contributed by atoms with E-state index in [9.17, 15) is 4.79 Å². The van der Waals surface area contributed by atoms with Crippen molar-refractivity contribution in [3.8, 4) is 0 Å². The first-order valence-electron chi connectivity index (χ1n) is 7.19. The van der Waals surface area contributed by atoms with Crippen LogP contribution in [-0.2, 0) is 14.2 Å². The molecule has 0 aliphatic carbocycles. The minimum atomic E-state index is -0.402. The number of rotatable bonds is 7. The maximum atomic E-state index is 11.5. The monoisotopic (exact) mass is 282 g/mol. The summed E-state index contributed by atoms with van der Waals surface area (Å²) in [5.74, 6) is 0.316. The summed E-state index contributed by atoms with van der Waals surface area (Å²) < 4.78 is 21.1. The van der Waals surface area contributed by atoms with E-state index >= 15 is 0 Å². The molecule has 112 valence electrons. The van der Waals surface area contributed by atoms with Gasteiger partial charge in [-0.2, -0.15) is 0 Å². The minimum absolute atomic E-state index is 0.0585. The van der Waals surface area contributed by atoms with Crippen LogP contribution in [0.4, 0.5) is 0 Å². The SMILES string of the molecule is CC(CCOC(=O)c1ccco1)CCC1OCCCO1. The Labute approximate surface area is 119 Å². The molecular formula is C15H22O5. The average Bonchev–Trinajstić information content (AvgIpc) is 3.00. The van der Waals surface area contributed by atoms with Crippen LogP contribution >= 0.6 is 0 Å². The summed E-state index contributed by atoms with van der Waals surface area (Å²) in [6.07, 6.45) is 5.12. The second kappa shape index (κ2) is 8.07. The van der Waals surface area contributed by atoms with Crippen LogP contribution in [0.5, 0.6) is 0 Å². The molecule has 0 aromatic carbocycles. The predicted molar refractivity (Wildman–Crippen MR) is 72.3 cm³/mol. The van der Waals surface area contributed by atoms with Crippen LogP contribution in [0.25, 0.3) is 0 Å². The summed E-state index contributed by atoms with van der Waals surface area (Å²) in [5, 5.41) is 0. The zero-order chi connectivity index (χ0) is 14.2. The average molecular weight is 282 g/mol. The second-order valence-corrected chi connectivity index (χ2v) is 5.11. The lowest BCUT2D eigenvalue weighted by Gasteiger charge is -2.24. The molecule has 0 radical (unpaired) electrons. The van der Waals surface area contributed by atoms with Crippen LogP contribution in [0.1, 0.15) is 43.2 Å². The fourth-order valence-corrected chi connectivity index (χ4v) is 2.09. The van der Waals surface area contributed by atoms with Gasteiger partial charge in [0.2, 0.25) is 5.76 Å². The lowest BCUT2D eigenvalue weighted by molar-refractivity contribution is -0.182. The van der Waals surface area contributed by atoms with Crippen LogP contribution in [0, 0.1) is 5.92 Å². The first kappa shape index (κ1) is 15.1. The number of carbonyl (C=O) groups excluding carboxylic acids is 1. The van der Waals surface area contributed by atoms with E-state index in [0.717, 1.165) is 38.9 Å². The van der Waals surface area contributed by atoms with Gasteiger partial charge in [0.15, 0.2) is 6.29 Å². The molecule has 0 bridgehead atoms. The van der Waals surface area contributed by atoms with E-state index < -0.39 is 5.97 Å². The van der Waals surface area contributed by atoms with Crippen LogP contribution < -0.4 is 0 Å². The molecule has 0 N–H and O–H groups in total. The maximum Gasteiger partial charge on any atom is 0.374 e. The first-order chi connectivity index (χ1) is 9.75. The van der Waals surface area contributed by atoms with Gasteiger partial charge in [0, 0.05) is 0 Å². The van der Waals surface area contributed by atoms with Gasteiger partial charge in [-0.05, 0) is 43.7 Å². The number of furan rings is 1. The van der Waals surface area contributed by atoms with Gasteiger partial charge in [0.25, 0.3) is 0 Å². The highest BCUT2D eigenvalue weighted by molar-refractivity contribution is 5.86. The number of hydrogen-bond acceptors (Lipinski definition) is 5. The second-order valence-electron chi connectivity index (χ2n) is 5.11. The molecular weight excluding hydrogens is 260 g/mol. The molecule has 1 aromatic heterocycles. The molecule has 1 aliphatic heterocycles. The molecule has 0 spiro atoms. The van der Waals surface area contributed by atoms with Crippen molar-refractivity contribution in [3.05, 3.63) is 24.2 Å².